The van der Waals surface area contributed by atoms with E-state index in [0.717, 1.165) is 50.9 Å². The number of hydrogen-bond donors (Lipinski definition) is 0. The van der Waals surface area contributed by atoms with E-state index in [1.807, 2.05) is 24.3 Å². The molecule has 0 fully saturated rings. The Bertz CT molecular complexity index is 5700. The van der Waals surface area contributed by atoms with Gasteiger partial charge < -0.3 is 94.4 Å². The highest BCUT2D eigenvalue weighted by Gasteiger charge is 2.29. The van der Waals surface area contributed by atoms with Crippen LogP contribution in [-0.2, 0) is 104 Å². The van der Waals surface area contributed by atoms with Crippen LogP contribution in [0, 0.1) is 0 Å². The third-order valence-electron chi connectivity index (χ3n) is 17.2. The number of esters is 5. The van der Waals surface area contributed by atoms with E-state index in [0.29, 0.717) is 122 Å². The summed E-state index contributed by atoms with van der Waals surface area (Å²) >= 11 is 4.18. The van der Waals surface area contributed by atoms with Crippen molar-refractivity contribution in [2.45, 2.75) is 20.4 Å². The van der Waals surface area contributed by atoms with E-state index in [-0.39, 0.29) is 125 Å². The minimum Gasteiger partial charge on any atom is -0.464 e. The highest BCUT2D eigenvalue weighted by atomic mass is 32.1. The minimum absolute atomic E-state index is 0.0433. The van der Waals surface area contributed by atoms with E-state index in [2.05, 4.69) is 38.9 Å². The number of carbonyl (C=O) groups is 12. The van der Waals surface area contributed by atoms with Gasteiger partial charge in [0, 0.05) is 89.2 Å². The van der Waals surface area contributed by atoms with Crippen LogP contribution in [0.1, 0.15) is 110 Å². The Kier molecular flexibility index (Phi) is 39.4. The van der Waals surface area contributed by atoms with Crippen LogP contribution in [0.5, 0.6) is 0 Å². The molecule has 12 aromatic rings. The largest absolute Gasteiger partial charge is 0.510 e. The number of carbonyl (C=O) groups excluding carboxylic acids is 12. The lowest BCUT2D eigenvalue weighted by molar-refractivity contribution is -0.153. The second kappa shape index (κ2) is 51.0. The fraction of sp³-hybridized carbons (Fsp3) is 0.333. The molecule has 0 N–H and O–H groups in total. The lowest BCUT2D eigenvalue weighted by Crippen LogP contribution is -2.17. The minimum atomic E-state index is -0.786. The molecule has 0 amide bonds. The summed E-state index contributed by atoms with van der Waals surface area (Å²) in [7, 11) is 9.76. The van der Waals surface area contributed by atoms with Gasteiger partial charge in [-0.1, -0.05) is 72.8 Å². The number of benzene rings is 4. The van der Waals surface area contributed by atoms with Crippen LogP contribution in [0.2, 0.25) is 0 Å². The number of thiazole rings is 4. The summed E-state index contributed by atoms with van der Waals surface area (Å²) in [5.74, 6) is -4.49. The van der Waals surface area contributed by atoms with E-state index in [9.17, 15) is 57.5 Å². The summed E-state index contributed by atoms with van der Waals surface area (Å²) in [5, 5.41) is 8.93. The van der Waals surface area contributed by atoms with Crippen molar-refractivity contribution in [3.8, 4) is 0 Å². The van der Waals surface area contributed by atoms with Crippen molar-refractivity contribution in [3.63, 3.8) is 0 Å². The number of hydrogen-bond acceptors (Lipinski definition) is 38. The lowest BCUT2D eigenvalue weighted by atomic mass is 10.1. The Morgan fingerprint density at radius 3 is 0.905 bits per heavy atom. The molecule has 0 saturated carbocycles. The summed E-state index contributed by atoms with van der Waals surface area (Å²) < 4.78 is 96.4. The van der Waals surface area contributed by atoms with Crippen molar-refractivity contribution >= 4 is 160 Å². The van der Waals surface area contributed by atoms with Gasteiger partial charge in [-0.3, -0.25) is 28.3 Å². The van der Waals surface area contributed by atoms with Crippen LogP contribution >= 0.6 is 45.3 Å². The summed E-state index contributed by atoms with van der Waals surface area (Å²) in [6, 6.07) is 28.4. The molecule has 0 bridgehead atoms. The van der Waals surface area contributed by atoms with Crippen LogP contribution in [0.25, 0.3) is 43.6 Å². The molecule has 0 aliphatic carbocycles. The van der Waals surface area contributed by atoms with Crippen LogP contribution in [0.4, 0.5) is 14.4 Å². The molecule has 0 unspecified atom stereocenters. The number of rotatable bonds is 43. The molecule has 8 heterocycles. The number of aromatic nitrogens is 8. The zero-order chi connectivity index (χ0) is 90.3. The monoisotopic (exact) mass is 1820 g/mol. The Hall–Kier alpha value is -12.6. The maximum Gasteiger partial charge on any atom is 0.510 e. The van der Waals surface area contributed by atoms with Gasteiger partial charge in [-0.15, -0.1) is 45.3 Å². The SMILES string of the molecule is CCOC(=O)OCn1cc(C(=O)c2nc(C(=O)OC)cs2)c2ccccc21.COCCOCCOC(=O)n1cc(C(=O)c2nc(C(=O)OC)cs2)c2ccccc21.COCCOCCOCCOC(=O)n1cc(C(=O)c2nc(C(=O)OC)cs2)c2ccccc21.COCCOCCOCCOCC(=O)OCn1cc(C(=O)c2nc(C(=O)OC)cs2)c2ccccc21. The highest BCUT2D eigenvalue weighted by Crippen LogP contribution is 2.31. The van der Waals surface area contributed by atoms with E-state index in [1.54, 1.807) is 123 Å². The van der Waals surface area contributed by atoms with Crippen molar-refractivity contribution in [2.24, 2.45) is 0 Å². The Morgan fingerprint density at radius 1 is 0.310 bits per heavy atom. The normalized spacial score (nSPS) is 10.9. The van der Waals surface area contributed by atoms with Gasteiger partial charge in [0.2, 0.25) is 23.1 Å². The zero-order valence-corrected chi connectivity index (χ0v) is 72.7. The Labute approximate surface area is 734 Å². The lowest BCUT2D eigenvalue weighted by Gasteiger charge is -2.08. The van der Waals surface area contributed by atoms with Gasteiger partial charge in [-0.2, -0.15) is 0 Å². The molecule has 0 radical (unpaired) electrons. The van der Waals surface area contributed by atoms with Crippen LogP contribution in [0.15, 0.2) is 143 Å². The fourth-order valence-electron chi connectivity index (χ4n) is 11.3. The van der Waals surface area contributed by atoms with Gasteiger partial charge >= 0.3 is 48.2 Å². The van der Waals surface area contributed by atoms with Gasteiger partial charge in [0.05, 0.1) is 172 Å². The van der Waals surface area contributed by atoms with E-state index in [1.165, 1.54) is 71.5 Å². The summed E-state index contributed by atoms with van der Waals surface area (Å²) in [5.41, 5.74) is 4.07. The molecule has 126 heavy (non-hydrogen) atoms. The third kappa shape index (κ3) is 27.2. The quantitative estimate of drug-likeness (QED) is 0.0148. The molecule has 0 spiro atoms. The maximum absolute atomic E-state index is 13.1. The fourth-order valence-corrected chi connectivity index (χ4v) is 14.2. The van der Waals surface area contributed by atoms with Gasteiger partial charge in [0.1, 0.15) is 19.8 Å². The first-order valence-corrected chi connectivity index (χ1v) is 41.7. The molecule has 42 heteroatoms. The standard InChI is InChI=1S/C24H28N2O9S.C22H24N2O8S.C20H20N2O7S.C18H16N2O6S/c1-30-7-8-32-9-10-33-11-12-34-14-21(27)35-16-26-13-18(17-5-3-4-6-20(17)26)22(28)23-25-19(15-36-23)24(29)31-2;1-28-7-8-30-9-10-31-11-12-32-22(27)24-13-16(15-5-3-4-6-18(15)24)19(25)20-23-17(14-33-20)21(26)29-2;1-26-7-8-28-9-10-29-20(25)22-11-14(13-5-3-4-6-16(13)22)17(23)18-21-15(12-30-18)19(24)27-2;1-3-25-18(23)26-10-20-8-12(11-6-4-5-7-14(11)20)15(21)16-19-13(9-27-16)17(22)24-2/h3-6,13,15H,7-12,14,16H2,1-2H3;3-6,13-14H,7-12H2,1-2H3;3-6,11-12H,7-10H2,1-2H3;4-9H,3,10H2,1-2H3. The van der Waals surface area contributed by atoms with E-state index in [4.69, 9.17) is 66.3 Å². The molecule has 0 aliphatic rings. The molecule has 38 nitrogen and oxygen atoms in total. The summed E-state index contributed by atoms with van der Waals surface area (Å²) in [4.78, 5) is 163. The number of nitrogens with zero attached hydrogens (tertiary/aromatic N) is 8. The second-order valence-electron chi connectivity index (χ2n) is 25.3. The van der Waals surface area contributed by atoms with Crippen LogP contribution < -0.4 is 0 Å². The smallest absolute Gasteiger partial charge is 0.464 e. The number of methoxy groups -OCH3 is 7. The van der Waals surface area contributed by atoms with Crippen LogP contribution in [-0.4, -0.2) is 278 Å². The second-order valence-corrected chi connectivity index (χ2v) is 28.7. The summed E-state index contributed by atoms with van der Waals surface area (Å²) in [6.07, 6.45) is 3.97. The van der Waals surface area contributed by atoms with Gasteiger partial charge in [-0.05, 0) is 31.2 Å². The molecule has 0 saturated heterocycles. The topological polar surface area (TPSA) is 442 Å². The molecule has 668 valence electrons. The number of para-hydroxylation sites is 4. The number of ketones is 4. The van der Waals surface area contributed by atoms with Gasteiger partial charge in [0.25, 0.3) is 0 Å². The molecule has 8 aromatic heterocycles. The van der Waals surface area contributed by atoms with Crippen molar-refractivity contribution in [1.82, 2.24) is 38.2 Å². The molecule has 0 aliphatic heterocycles. The molecule has 4 aromatic carbocycles. The van der Waals surface area contributed by atoms with Crippen molar-refractivity contribution < 1.29 is 143 Å². The van der Waals surface area contributed by atoms with Crippen molar-refractivity contribution in [3.05, 3.63) is 208 Å². The van der Waals surface area contributed by atoms with Crippen molar-refractivity contribution in [2.75, 3.05) is 169 Å². The highest BCUT2D eigenvalue weighted by molar-refractivity contribution is 7.13. The number of fused-ring (bicyclic) bond motifs is 4. The first kappa shape index (κ1) is 97.2. The number of ether oxygens (including phenoxy) is 18. The predicted octanol–water partition coefficient (Wildman–Crippen LogP) is 11.1. The Balaban J connectivity index is 0.000000191. The summed E-state index contributed by atoms with van der Waals surface area (Å²) in [6.45, 7) is 7.13. The molecular weight excluding hydrogens is 1730 g/mol. The van der Waals surface area contributed by atoms with Crippen LogP contribution in [0.3, 0.4) is 0 Å². The first-order valence-electron chi connectivity index (χ1n) is 38.2. The van der Waals surface area contributed by atoms with E-state index >= 15 is 0 Å². The zero-order valence-electron chi connectivity index (χ0n) is 69.5. The first-order chi connectivity index (χ1) is 61.2. The van der Waals surface area contributed by atoms with Gasteiger partial charge in [-0.25, -0.2) is 58.3 Å². The van der Waals surface area contributed by atoms with Gasteiger partial charge in [0.15, 0.2) is 56.3 Å². The average molecular weight is 1820 g/mol. The molecule has 12 rings (SSSR count). The molecular formula is C84H88N8O30S4. The van der Waals surface area contributed by atoms with E-state index < -0.39 is 59.8 Å². The molecule has 0 atom stereocenters. The predicted molar refractivity (Wildman–Crippen MR) is 454 cm³/mol. The maximum atomic E-state index is 13.1. The average Bonchev–Trinajstić information content (AvgIpc) is 1.63. The Morgan fingerprint density at radius 2 is 0.587 bits per heavy atom. The van der Waals surface area contributed by atoms with Crippen molar-refractivity contribution in [1.29, 1.82) is 0 Å². The third-order valence-corrected chi connectivity index (χ3v) is 20.6.